The van der Waals surface area contributed by atoms with Crippen molar-refractivity contribution in [3.63, 3.8) is 0 Å². The molecule has 3 amide bonds. The van der Waals surface area contributed by atoms with Gasteiger partial charge < -0.3 is 25.0 Å². The van der Waals surface area contributed by atoms with Crippen molar-refractivity contribution in [1.82, 2.24) is 25.4 Å². The minimum Gasteiger partial charge on any atom is -0.466 e. The molecule has 0 radical (unpaired) electrons. The van der Waals surface area contributed by atoms with E-state index in [0.29, 0.717) is 24.3 Å². The lowest BCUT2D eigenvalue weighted by molar-refractivity contribution is -0.149. The average Bonchev–Trinajstić information content (AvgIpc) is 3.62. The van der Waals surface area contributed by atoms with Crippen LogP contribution >= 0.6 is 11.3 Å². The minimum atomic E-state index is -0.815. The Hall–Kier alpha value is -3.84. The molecule has 53 heavy (non-hydrogen) atoms. The highest BCUT2D eigenvalue weighted by Gasteiger charge is 2.35. The predicted molar refractivity (Wildman–Crippen MR) is 206 cm³/mol. The van der Waals surface area contributed by atoms with Crippen LogP contribution in [0, 0.1) is 11.8 Å². The molecule has 1 aromatic carbocycles. The van der Waals surface area contributed by atoms with E-state index in [1.54, 1.807) is 31.2 Å². The van der Waals surface area contributed by atoms with Crippen LogP contribution in [0.3, 0.4) is 0 Å². The summed E-state index contributed by atoms with van der Waals surface area (Å²) in [6.45, 7) is 12.1. The normalized spacial score (nSPS) is 17.6. The number of benzene rings is 1. The van der Waals surface area contributed by atoms with Crippen molar-refractivity contribution in [2.24, 2.45) is 11.8 Å². The molecule has 1 unspecified atom stereocenters. The molecule has 1 aromatic heterocycles. The third-order valence-corrected chi connectivity index (χ3v) is 10.9. The summed E-state index contributed by atoms with van der Waals surface area (Å²) in [6, 6.07) is 8.05. The zero-order valence-corrected chi connectivity index (χ0v) is 33.7. The van der Waals surface area contributed by atoms with Crippen LogP contribution in [0.15, 0.2) is 35.7 Å². The third kappa shape index (κ3) is 13.5. The number of carbonyl (C=O) groups excluding carboxylic acids is 5. The van der Waals surface area contributed by atoms with Gasteiger partial charge in [0.25, 0.3) is 5.91 Å². The fraction of sp³-hybridized carbons (Fsp3) is 0.650. The molecule has 12 nitrogen and oxygen atoms in total. The van der Waals surface area contributed by atoms with Gasteiger partial charge in [0.15, 0.2) is 6.10 Å². The lowest BCUT2D eigenvalue weighted by atomic mass is 9.95. The van der Waals surface area contributed by atoms with Crippen molar-refractivity contribution in [2.45, 2.75) is 130 Å². The lowest BCUT2D eigenvalue weighted by Gasteiger charge is -2.37. The van der Waals surface area contributed by atoms with Crippen LogP contribution in [0.2, 0.25) is 0 Å². The van der Waals surface area contributed by atoms with E-state index in [4.69, 9.17) is 9.47 Å². The first-order valence-electron chi connectivity index (χ1n) is 19.2. The number of esters is 2. The van der Waals surface area contributed by atoms with Crippen molar-refractivity contribution in [3.8, 4) is 0 Å². The molecule has 294 valence electrons. The van der Waals surface area contributed by atoms with Gasteiger partial charge >= 0.3 is 11.9 Å². The zero-order valence-electron chi connectivity index (χ0n) is 32.9. The van der Waals surface area contributed by atoms with Crippen LogP contribution in [0.5, 0.6) is 0 Å². The minimum absolute atomic E-state index is 0.0307. The van der Waals surface area contributed by atoms with Crippen molar-refractivity contribution in [1.29, 1.82) is 0 Å². The van der Waals surface area contributed by atoms with E-state index >= 15 is 0 Å². The van der Waals surface area contributed by atoms with Crippen molar-refractivity contribution < 1.29 is 33.4 Å². The number of ether oxygens (including phenoxy) is 2. The van der Waals surface area contributed by atoms with E-state index in [0.717, 1.165) is 44.2 Å². The van der Waals surface area contributed by atoms with E-state index in [2.05, 4.69) is 27.4 Å². The highest BCUT2D eigenvalue weighted by atomic mass is 32.1. The average molecular weight is 756 g/mol. The maximum absolute atomic E-state index is 14.1. The number of piperidine rings is 1. The molecule has 13 heteroatoms. The second-order valence-electron chi connectivity index (χ2n) is 14.6. The summed E-state index contributed by atoms with van der Waals surface area (Å²) in [5.41, 5.74) is 1.18. The summed E-state index contributed by atoms with van der Waals surface area (Å²) >= 11 is 1.21. The molecule has 1 aliphatic heterocycles. The Morgan fingerprint density at radius 2 is 1.75 bits per heavy atom. The number of thiazole rings is 1. The van der Waals surface area contributed by atoms with Crippen molar-refractivity contribution in [2.75, 3.05) is 27.2 Å². The van der Waals surface area contributed by atoms with Gasteiger partial charge in [-0.05, 0) is 64.1 Å². The molecule has 1 saturated heterocycles. The van der Waals surface area contributed by atoms with Crippen LogP contribution in [-0.2, 0) is 35.1 Å². The largest absolute Gasteiger partial charge is 0.466 e. The number of nitrogens with one attached hydrogen (secondary N) is 2. The first kappa shape index (κ1) is 43.6. The molecule has 0 spiro atoms. The number of hydrogen-bond acceptors (Lipinski definition) is 10. The van der Waals surface area contributed by atoms with Crippen LogP contribution in [0.4, 0.5) is 0 Å². The third-order valence-electron chi connectivity index (χ3n) is 9.93. The first-order chi connectivity index (χ1) is 25.2. The number of rotatable bonds is 20. The molecule has 0 saturated carbocycles. The number of carbonyl (C=O) groups is 5. The number of unbranched alkanes of at least 4 members (excludes halogenated alkanes) is 1. The number of amides is 3. The fourth-order valence-electron chi connectivity index (χ4n) is 6.94. The second-order valence-corrected chi connectivity index (χ2v) is 15.5. The molecule has 2 N–H and O–H groups in total. The van der Waals surface area contributed by atoms with Crippen molar-refractivity contribution >= 4 is 41.0 Å². The fourth-order valence-corrected chi connectivity index (χ4v) is 7.78. The molecule has 3 rings (SSSR count). The maximum Gasteiger partial charge on any atom is 0.308 e. The molecule has 1 aliphatic rings. The Morgan fingerprint density at radius 1 is 1.04 bits per heavy atom. The van der Waals surface area contributed by atoms with E-state index in [9.17, 15) is 24.0 Å². The maximum atomic E-state index is 14.1. The molecular weight excluding hydrogens is 695 g/mol. The van der Waals surface area contributed by atoms with Gasteiger partial charge in [-0.25, -0.2) is 4.98 Å². The van der Waals surface area contributed by atoms with Gasteiger partial charge in [-0.15, -0.1) is 11.3 Å². The molecular formula is C40H61N5O7S. The second kappa shape index (κ2) is 21.8. The summed E-state index contributed by atoms with van der Waals surface area (Å²) in [6.07, 6.45) is 5.30. The van der Waals surface area contributed by atoms with Crippen LogP contribution in [0.1, 0.15) is 120 Å². The monoisotopic (exact) mass is 755 g/mol. The first-order valence-corrected chi connectivity index (χ1v) is 20.0. The topological polar surface area (TPSA) is 147 Å². The van der Waals surface area contributed by atoms with Crippen LogP contribution in [-0.4, -0.2) is 95.9 Å². The SMILES string of the molecule is CCCC[C@H](NC(=O)[C@H]1CCCCN1C)C(=O)N(C)C(C[C@@H](OC(C)=O)c1nc(C(=O)N[C@@H](Cc2ccccc2)C[C@H](C)C(=O)OCC)cs1)C(C)C. The molecule has 0 bridgehead atoms. The summed E-state index contributed by atoms with van der Waals surface area (Å²) in [4.78, 5) is 74.3. The highest BCUT2D eigenvalue weighted by Crippen LogP contribution is 2.31. The van der Waals surface area contributed by atoms with Gasteiger partial charge in [0, 0.05) is 37.9 Å². The summed E-state index contributed by atoms with van der Waals surface area (Å²) in [7, 11) is 3.69. The molecule has 6 atom stereocenters. The molecule has 1 fully saturated rings. The zero-order chi connectivity index (χ0) is 39.1. The summed E-state index contributed by atoms with van der Waals surface area (Å²) < 4.78 is 11.0. The van der Waals surface area contributed by atoms with Crippen LogP contribution in [0.25, 0.3) is 0 Å². The summed E-state index contributed by atoms with van der Waals surface area (Å²) in [5.74, 6) is -2.00. The highest BCUT2D eigenvalue weighted by molar-refractivity contribution is 7.09. The van der Waals surface area contributed by atoms with Gasteiger partial charge in [0.1, 0.15) is 16.7 Å². The number of hydrogen-bond donors (Lipinski definition) is 2. The van der Waals surface area contributed by atoms with Gasteiger partial charge in [-0.1, -0.05) is 77.3 Å². The molecule has 0 aliphatic carbocycles. The van der Waals surface area contributed by atoms with Gasteiger partial charge in [-0.3, -0.25) is 28.9 Å². The smallest absolute Gasteiger partial charge is 0.308 e. The van der Waals surface area contributed by atoms with Gasteiger partial charge in [-0.2, -0.15) is 0 Å². The predicted octanol–water partition coefficient (Wildman–Crippen LogP) is 5.71. The Kier molecular flexibility index (Phi) is 17.9. The van der Waals surface area contributed by atoms with Gasteiger partial charge in [0.05, 0.1) is 18.6 Å². The molecule has 2 aromatic rings. The number of likely N-dealkylation sites (N-methyl/N-ethyl adjacent to an activating group) is 2. The van der Waals surface area contributed by atoms with Crippen molar-refractivity contribution in [3.05, 3.63) is 52.0 Å². The van der Waals surface area contributed by atoms with Crippen LogP contribution < -0.4 is 10.6 Å². The van der Waals surface area contributed by atoms with E-state index in [-0.39, 0.29) is 60.5 Å². The summed E-state index contributed by atoms with van der Waals surface area (Å²) in [5, 5.41) is 8.21. The Labute approximate surface area is 319 Å². The number of likely N-dealkylation sites (tertiary alicyclic amines) is 1. The standard InChI is InChI=1S/C40H61N5O7S/c1-9-11-19-31(42-37(48)33-20-15-16-21-44(33)7)39(49)45(8)34(26(3)4)24-35(52-28(6)46)38-43-32(25-53-38)36(47)41-30(22-27(5)40(50)51-10-2)23-29-17-13-12-14-18-29/h12-14,17-18,25-27,30-31,33-35H,9-11,15-16,19-24H2,1-8H3,(H,41,47)(H,42,48)/t27-,30+,31-,33+,34?,35+/m0/s1. The number of aromatic nitrogens is 1. The van der Waals surface area contributed by atoms with E-state index in [1.165, 1.54) is 18.3 Å². The van der Waals surface area contributed by atoms with E-state index in [1.807, 2.05) is 51.2 Å². The quantitative estimate of drug-likeness (QED) is 0.162. The van der Waals surface area contributed by atoms with E-state index < -0.39 is 29.9 Å². The Morgan fingerprint density at radius 3 is 2.38 bits per heavy atom. The number of nitrogens with zero attached hydrogens (tertiary/aromatic N) is 3. The molecule has 2 heterocycles. The Balaban J connectivity index is 1.80. The van der Waals surface area contributed by atoms with Gasteiger partial charge in [0.2, 0.25) is 11.8 Å². The Bertz CT molecular complexity index is 1480. The lowest BCUT2D eigenvalue weighted by Crippen LogP contribution is -2.56.